The number of hydrogen-bond acceptors (Lipinski definition) is 1. The van der Waals surface area contributed by atoms with E-state index in [1.165, 1.54) is 6.21 Å². The van der Waals surface area contributed by atoms with Crippen LogP contribution in [0.1, 0.15) is 5.56 Å². The Morgan fingerprint density at radius 1 is 0.824 bits per heavy atom. The summed E-state index contributed by atoms with van der Waals surface area (Å²) in [5.41, 5.74) is 1.32. The van der Waals surface area contributed by atoms with Crippen LogP contribution < -0.4 is 0 Å². The summed E-state index contributed by atoms with van der Waals surface area (Å²) in [5, 5.41) is 13.0. The van der Waals surface area contributed by atoms with Crippen molar-refractivity contribution in [2.75, 3.05) is 0 Å². The molecule has 0 amide bonds. The van der Waals surface area contributed by atoms with Crippen LogP contribution in [0.4, 0.5) is 5.69 Å². The lowest BCUT2D eigenvalue weighted by molar-refractivity contribution is -0.354. The lowest BCUT2D eigenvalue weighted by Crippen LogP contribution is -1.98. The Morgan fingerprint density at radius 2 is 1.29 bits per heavy atom. The van der Waals surface area contributed by atoms with Gasteiger partial charge in [0.1, 0.15) is 0 Å². The van der Waals surface area contributed by atoms with Crippen molar-refractivity contribution < 1.29 is 4.74 Å². The molecule has 0 aliphatic heterocycles. The summed E-state index contributed by atoms with van der Waals surface area (Å²) < 4.78 is 0.791. The molecule has 86 valence electrons. The molecule has 17 heavy (non-hydrogen) atoms. The summed E-state index contributed by atoms with van der Waals surface area (Å²) in [4.78, 5) is 0. The van der Waals surface area contributed by atoms with Crippen LogP contribution in [0, 0.1) is 5.21 Å². The summed E-state index contributed by atoms with van der Waals surface area (Å²) in [7, 11) is 0. The molecule has 0 aromatic heterocycles. The van der Waals surface area contributed by atoms with Gasteiger partial charge in [0.15, 0.2) is 6.21 Å². The Bertz CT molecular complexity index is 532. The molecule has 4 heteroatoms. The fraction of sp³-hybridized carbons (Fsp3) is 0. The molecule has 2 nitrogen and oxygen atoms in total. The Morgan fingerprint density at radius 3 is 1.82 bits per heavy atom. The van der Waals surface area contributed by atoms with Gasteiger partial charge in [-0.3, -0.25) is 0 Å². The standard InChI is InChI=1S/C13H9Cl2NO/c14-11-3-1-10(2-4-11)9-16(17)13-7-5-12(15)6-8-13/h1-9H/b16-9+. The summed E-state index contributed by atoms with van der Waals surface area (Å²) in [6.45, 7) is 0. The molecular formula is C13H9Cl2NO. The van der Waals surface area contributed by atoms with Crippen LogP contribution in [0.3, 0.4) is 0 Å². The Hall–Kier alpha value is -1.51. The smallest absolute Gasteiger partial charge is 0.216 e. The normalized spacial score (nSPS) is 11.5. The van der Waals surface area contributed by atoms with Crippen molar-refractivity contribution in [3.05, 3.63) is 69.3 Å². The van der Waals surface area contributed by atoms with E-state index in [1.807, 2.05) is 0 Å². The minimum atomic E-state index is 0.532. The molecular weight excluding hydrogens is 257 g/mol. The molecule has 2 aromatic rings. The average Bonchev–Trinajstić information content (AvgIpc) is 2.33. The molecule has 0 unspecified atom stereocenters. The molecule has 2 aromatic carbocycles. The number of hydrogen-bond donors (Lipinski definition) is 0. The molecule has 0 spiro atoms. The number of halogens is 2. The Balaban J connectivity index is 2.27. The van der Waals surface area contributed by atoms with Crippen LogP contribution in [0.2, 0.25) is 10.0 Å². The topological polar surface area (TPSA) is 26.1 Å². The summed E-state index contributed by atoms with van der Waals surface area (Å²) >= 11 is 11.5. The van der Waals surface area contributed by atoms with Gasteiger partial charge < -0.3 is 5.21 Å². The molecule has 2 rings (SSSR count). The van der Waals surface area contributed by atoms with Crippen LogP contribution in [0.15, 0.2) is 48.5 Å². The fourth-order valence-corrected chi connectivity index (χ4v) is 1.60. The quantitative estimate of drug-likeness (QED) is 0.345. The van der Waals surface area contributed by atoms with Crippen molar-refractivity contribution in [2.45, 2.75) is 0 Å². The van der Waals surface area contributed by atoms with Crippen molar-refractivity contribution >= 4 is 35.1 Å². The van der Waals surface area contributed by atoms with Gasteiger partial charge in [0, 0.05) is 27.7 Å². The van der Waals surface area contributed by atoms with E-state index in [0.717, 1.165) is 10.3 Å². The van der Waals surface area contributed by atoms with E-state index in [9.17, 15) is 5.21 Å². The lowest BCUT2D eigenvalue weighted by atomic mass is 10.2. The molecule has 0 N–H and O–H groups in total. The van der Waals surface area contributed by atoms with Crippen LogP contribution in [0.25, 0.3) is 0 Å². The monoisotopic (exact) mass is 265 g/mol. The van der Waals surface area contributed by atoms with E-state index in [0.29, 0.717) is 15.7 Å². The van der Waals surface area contributed by atoms with Crippen molar-refractivity contribution in [3.8, 4) is 0 Å². The largest absolute Gasteiger partial charge is 0.618 e. The van der Waals surface area contributed by atoms with Crippen LogP contribution in [-0.2, 0) is 0 Å². The van der Waals surface area contributed by atoms with Gasteiger partial charge in [0.25, 0.3) is 0 Å². The summed E-state index contributed by atoms with van der Waals surface area (Å²) in [5.74, 6) is 0. The van der Waals surface area contributed by atoms with Crippen molar-refractivity contribution in [1.29, 1.82) is 0 Å². The van der Waals surface area contributed by atoms with Gasteiger partial charge >= 0.3 is 0 Å². The molecule has 0 aliphatic carbocycles. The zero-order valence-electron chi connectivity index (χ0n) is 8.81. The average molecular weight is 266 g/mol. The first-order valence-electron chi connectivity index (χ1n) is 4.97. The van der Waals surface area contributed by atoms with Crippen LogP contribution in [-0.4, -0.2) is 11.0 Å². The van der Waals surface area contributed by atoms with E-state index in [-0.39, 0.29) is 0 Å². The van der Waals surface area contributed by atoms with E-state index in [4.69, 9.17) is 23.2 Å². The fourth-order valence-electron chi connectivity index (χ4n) is 1.35. The first-order chi connectivity index (χ1) is 8.15. The highest BCUT2D eigenvalue weighted by Crippen LogP contribution is 2.16. The highest BCUT2D eigenvalue weighted by Gasteiger charge is 2.01. The van der Waals surface area contributed by atoms with Gasteiger partial charge in [-0.05, 0) is 36.4 Å². The van der Waals surface area contributed by atoms with Gasteiger partial charge in [0.05, 0.1) is 0 Å². The maximum atomic E-state index is 11.8. The molecule has 0 radical (unpaired) electrons. The summed E-state index contributed by atoms with van der Waals surface area (Å²) in [6, 6.07) is 13.7. The molecule has 0 heterocycles. The zero-order valence-corrected chi connectivity index (χ0v) is 10.3. The minimum absolute atomic E-state index is 0.532. The number of benzene rings is 2. The van der Waals surface area contributed by atoms with Gasteiger partial charge in [-0.2, -0.15) is 4.74 Å². The first-order valence-corrected chi connectivity index (χ1v) is 5.73. The second kappa shape index (κ2) is 5.21. The van der Waals surface area contributed by atoms with Gasteiger partial charge in [-0.25, -0.2) is 0 Å². The number of rotatable bonds is 2. The second-order valence-corrected chi connectivity index (χ2v) is 4.36. The van der Waals surface area contributed by atoms with Crippen molar-refractivity contribution in [1.82, 2.24) is 0 Å². The molecule has 0 fully saturated rings. The predicted octanol–water partition coefficient (Wildman–Crippen LogP) is 4.25. The van der Waals surface area contributed by atoms with Gasteiger partial charge in [-0.15, -0.1) is 0 Å². The SMILES string of the molecule is [O-]/[N+](=C/c1ccc(Cl)cc1)c1ccc(Cl)cc1. The maximum Gasteiger partial charge on any atom is 0.216 e. The summed E-state index contributed by atoms with van der Waals surface area (Å²) in [6.07, 6.45) is 1.49. The Kier molecular flexibility index (Phi) is 3.67. The number of nitrogens with zero attached hydrogens (tertiary/aromatic N) is 1. The third-order valence-corrected chi connectivity index (χ3v) is 2.72. The maximum absolute atomic E-state index is 11.8. The molecule has 0 saturated carbocycles. The van der Waals surface area contributed by atoms with E-state index in [1.54, 1.807) is 48.5 Å². The lowest BCUT2D eigenvalue weighted by Gasteiger charge is -2.02. The third kappa shape index (κ3) is 3.22. The zero-order chi connectivity index (χ0) is 12.3. The van der Waals surface area contributed by atoms with E-state index in [2.05, 4.69) is 0 Å². The van der Waals surface area contributed by atoms with E-state index < -0.39 is 0 Å². The van der Waals surface area contributed by atoms with E-state index >= 15 is 0 Å². The molecule has 0 aliphatic rings. The Labute approximate surface area is 109 Å². The first kappa shape index (κ1) is 12.0. The van der Waals surface area contributed by atoms with Gasteiger partial charge in [-0.1, -0.05) is 23.2 Å². The second-order valence-electron chi connectivity index (χ2n) is 3.48. The van der Waals surface area contributed by atoms with Crippen molar-refractivity contribution in [3.63, 3.8) is 0 Å². The molecule has 0 bridgehead atoms. The minimum Gasteiger partial charge on any atom is -0.618 e. The predicted molar refractivity (Wildman–Crippen MR) is 71.4 cm³/mol. The van der Waals surface area contributed by atoms with Crippen molar-refractivity contribution in [2.24, 2.45) is 0 Å². The van der Waals surface area contributed by atoms with Gasteiger partial charge in [0.2, 0.25) is 5.69 Å². The van der Waals surface area contributed by atoms with Crippen LogP contribution >= 0.6 is 23.2 Å². The highest BCUT2D eigenvalue weighted by atomic mass is 35.5. The highest BCUT2D eigenvalue weighted by molar-refractivity contribution is 6.30. The van der Waals surface area contributed by atoms with Crippen LogP contribution in [0.5, 0.6) is 0 Å². The third-order valence-electron chi connectivity index (χ3n) is 2.22. The molecule has 0 atom stereocenters. The molecule has 0 saturated heterocycles.